The molecule has 21 heavy (non-hydrogen) atoms. The minimum absolute atomic E-state index is 0.527. The van der Waals surface area contributed by atoms with E-state index in [9.17, 15) is 0 Å². The van der Waals surface area contributed by atoms with Crippen molar-refractivity contribution in [3.05, 3.63) is 29.0 Å². The van der Waals surface area contributed by atoms with Gasteiger partial charge in [0, 0.05) is 32.9 Å². The van der Waals surface area contributed by atoms with Crippen LogP contribution in [0.4, 0.5) is 0 Å². The topological polar surface area (TPSA) is 40.5 Å². The van der Waals surface area contributed by atoms with Crippen LogP contribution in [0.1, 0.15) is 32.3 Å². The smallest absolute Gasteiger partial charge is 0.193 e. The Kier molecular flexibility index (Phi) is 5.85. The quantitative estimate of drug-likeness (QED) is 0.527. The molecule has 0 aliphatic carbocycles. The summed E-state index contributed by atoms with van der Waals surface area (Å²) in [6.45, 7) is 7.52. The molecule has 1 unspecified atom stereocenters. The molecule has 0 bridgehead atoms. The third-order valence-electron chi connectivity index (χ3n) is 3.84. The van der Waals surface area contributed by atoms with Gasteiger partial charge in [-0.2, -0.15) is 0 Å². The highest BCUT2D eigenvalue weighted by Gasteiger charge is 2.25. The van der Waals surface area contributed by atoms with Crippen molar-refractivity contribution in [2.75, 3.05) is 20.1 Å². The Morgan fingerprint density at radius 3 is 2.95 bits per heavy atom. The lowest BCUT2D eigenvalue weighted by Crippen LogP contribution is -2.39. The molecule has 0 spiro atoms. The highest BCUT2D eigenvalue weighted by atomic mass is 35.5. The predicted molar refractivity (Wildman–Crippen MR) is 88.6 cm³/mol. The van der Waals surface area contributed by atoms with Crippen LogP contribution in [0.15, 0.2) is 23.3 Å². The summed E-state index contributed by atoms with van der Waals surface area (Å²) in [7, 11) is 1.85. The molecular weight excluding hydrogens is 284 g/mol. The molecule has 0 radical (unpaired) electrons. The van der Waals surface area contributed by atoms with Crippen molar-refractivity contribution in [2.24, 2.45) is 16.8 Å². The van der Waals surface area contributed by atoms with Gasteiger partial charge in [0.25, 0.3) is 0 Å². The fourth-order valence-electron chi connectivity index (χ4n) is 2.91. The van der Waals surface area contributed by atoms with E-state index in [1.807, 2.05) is 19.2 Å². The Morgan fingerprint density at radius 1 is 1.52 bits per heavy atom. The summed E-state index contributed by atoms with van der Waals surface area (Å²) >= 11 is 5.80. The van der Waals surface area contributed by atoms with E-state index in [0.717, 1.165) is 43.0 Å². The number of hydrogen-bond acceptors (Lipinski definition) is 2. The van der Waals surface area contributed by atoms with Crippen LogP contribution in [-0.4, -0.2) is 36.0 Å². The number of halogens is 1. The number of pyridine rings is 1. The highest BCUT2D eigenvalue weighted by Crippen LogP contribution is 2.23. The van der Waals surface area contributed by atoms with Crippen molar-refractivity contribution in [1.29, 1.82) is 0 Å². The maximum Gasteiger partial charge on any atom is 0.193 e. The van der Waals surface area contributed by atoms with Gasteiger partial charge in [-0.05, 0) is 36.3 Å². The minimum Gasteiger partial charge on any atom is -0.352 e. The third kappa shape index (κ3) is 4.88. The number of nitrogens with one attached hydrogen (secondary N) is 1. The molecule has 1 aromatic heterocycles. The molecule has 4 nitrogen and oxygen atoms in total. The van der Waals surface area contributed by atoms with Crippen LogP contribution >= 0.6 is 11.6 Å². The molecular formula is C16H25ClN4. The van der Waals surface area contributed by atoms with Crippen LogP contribution < -0.4 is 5.32 Å². The van der Waals surface area contributed by atoms with Crippen molar-refractivity contribution in [2.45, 2.75) is 33.2 Å². The van der Waals surface area contributed by atoms with E-state index in [1.165, 1.54) is 12.8 Å². The zero-order valence-corrected chi connectivity index (χ0v) is 13.9. The normalized spacial score (nSPS) is 19.4. The molecule has 1 fully saturated rings. The first-order valence-corrected chi connectivity index (χ1v) is 8.02. The van der Waals surface area contributed by atoms with Crippen molar-refractivity contribution in [3.63, 3.8) is 0 Å². The van der Waals surface area contributed by atoms with Gasteiger partial charge in [-0.15, -0.1) is 0 Å². The summed E-state index contributed by atoms with van der Waals surface area (Å²) in [6, 6.07) is 3.80. The van der Waals surface area contributed by atoms with E-state index < -0.39 is 0 Å². The van der Waals surface area contributed by atoms with Gasteiger partial charge in [0.05, 0.1) is 0 Å². The van der Waals surface area contributed by atoms with Gasteiger partial charge in [-0.3, -0.25) is 4.99 Å². The van der Waals surface area contributed by atoms with Gasteiger partial charge in [0.1, 0.15) is 5.15 Å². The Hall–Kier alpha value is -1.29. The second-order valence-corrected chi connectivity index (χ2v) is 6.51. The molecule has 1 aromatic rings. The Balaban J connectivity index is 1.85. The van der Waals surface area contributed by atoms with Crippen LogP contribution in [0.25, 0.3) is 0 Å². The maximum atomic E-state index is 5.80. The van der Waals surface area contributed by atoms with E-state index >= 15 is 0 Å². The fourth-order valence-corrected chi connectivity index (χ4v) is 3.02. The Morgan fingerprint density at radius 2 is 2.33 bits per heavy atom. The standard InChI is InChI=1S/C16H25ClN4/c1-12(2)8-13-6-7-21(11-13)16(18-3)20-10-14-4-5-15(17)19-9-14/h4-5,9,12-13H,6-8,10-11H2,1-3H3,(H,18,20). The number of aliphatic imine (C=N–C) groups is 1. The molecule has 1 N–H and O–H groups in total. The molecule has 5 heteroatoms. The lowest BCUT2D eigenvalue weighted by molar-refractivity contribution is 0.403. The summed E-state index contributed by atoms with van der Waals surface area (Å²) in [4.78, 5) is 10.9. The van der Waals surface area contributed by atoms with Crippen molar-refractivity contribution in [1.82, 2.24) is 15.2 Å². The molecule has 116 valence electrons. The average Bonchev–Trinajstić information content (AvgIpc) is 2.89. The van der Waals surface area contributed by atoms with E-state index in [4.69, 9.17) is 11.6 Å². The zero-order chi connectivity index (χ0) is 15.2. The summed E-state index contributed by atoms with van der Waals surface area (Å²) in [5.41, 5.74) is 1.11. The first-order valence-electron chi connectivity index (χ1n) is 7.64. The molecule has 1 saturated heterocycles. The number of nitrogens with zero attached hydrogens (tertiary/aromatic N) is 3. The first-order chi connectivity index (χ1) is 10.1. The number of hydrogen-bond donors (Lipinski definition) is 1. The Bertz CT molecular complexity index is 470. The van der Waals surface area contributed by atoms with Gasteiger partial charge < -0.3 is 10.2 Å². The average molecular weight is 309 g/mol. The second kappa shape index (κ2) is 7.64. The fraction of sp³-hybridized carbons (Fsp3) is 0.625. The van der Waals surface area contributed by atoms with Crippen molar-refractivity contribution in [3.8, 4) is 0 Å². The summed E-state index contributed by atoms with van der Waals surface area (Å²) in [6.07, 6.45) is 4.37. The maximum absolute atomic E-state index is 5.80. The molecule has 0 aromatic carbocycles. The molecule has 0 saturated carbocycles. The van der Waals surface area contributed by atoms with Gasteiger partial charge in [0.2, 0.25) is 0 Å². The third-order valence-corrected chi connectivity index (χ3v) is 4.06. The van der Waals surface area contributed by atoms with Crippen LogP contribution in [0, 0.1) is 11.8 Å². The Labute approximate surface area is 132 Å². The van der Waals surface area contributed by atoms with E-state index in [1.54, 1.807) is 6.20 Å². The van der Waals surface area contributed by atoms with Gasteiger partial charge in [0.15, 0.2) is 5.96 Å². The zero-order valence-electron chi connectivity index (χ0n) is 13.1. The van der Waals surface area contributed by atoms with E-state index in [-0.39, 0.29) is 0 Å². The summed E-state index contributed by atoms with van der Waals surface area (Å²) < 4.78 is 0. The largest absolute Gasteiger partial charge is 0.352 e. The molecule has 2 rings (SSSR count). The van der Waals surface area contributed by atoms with Crippen LogP contribution in [0.3, 0.4) is 0 Å². The summed E-state index contributed by atoms with van der Waals surface area (Å²) in [5.74, 6) is 2.54. The lowest BCUT2D eigenvalue weighted by atomic mass is 9.97. The number of likely N-dealkylation sites (tertiary alicyclic amines) is 1. The van der Waals surface area contributed by atoms with Gasteiger partial charge in [-0.1, -0.05) is 31.5 Å². The van der Waals surface area contributed by atoms with Crippen molar-refractivity contribution < 1.29 is 0 Å². The molecule has 1 aliphatic rings. The van der Waals surface area contributed by atoms with Crippen molar-refractivity contribution >= 4 is 17.6 Å². The number of aromatic nitrogens is 1. The van der Waals surface area contributed by atoms with E-state index in [2.05, 4.69) is 34.0 Å². The van der Waals surface area contributed by atoms with Crippen LogP contribution in [0.5, 0.6) is 0 Å². The number of rotatable bonds is 4. The lowest BCUT2D eigenvalue weighted by Gasteiger charge is -2.22. The molecule has 1 aliphatic heterocycles. The van der Waals surface area contributed by atoms with Gasteiger partial charge in [-0.25, -0.2) is 4.98 Å². The van der Waals surface area contributed by atoms with Crippen LogP contribution in [0.2, 0.25) is 5.15 Å². The highest BCUT2D eigenvalue weighted by molar-refractivity contribution is 6.29. The monoisotopic (exact) mass is 308 g/mol. The molecule has 2 heterocycles. The van der Waals surface area contributed by atoms with Crippen LogP contribution in [-0.2, 0) is 6.54 Å². The SMILES string of the molecule is CN=C(NCc1ccc(Cl)nc1)N1CCC(CC(C)C)C1. The molecule has 0 amide bonds. The molecule has 1 atom stereocenters. The first kappa shape index (κ1) is 16.1. The second-order valence-electron chi connectivity index (χ2n) is 6.12. The van der Waals surface area contributed by atoms with Gasteiger partial charge >= 0.3 is 0 Å². The predicted octanol–water partition coefficient (Wildman–Crippen LogP) is 3.18. The number of guanidine groups is 1. The minimum atomic E-state index is 0.527. The van der Waals surface area contributed by atoms with E-state index in [0.29, 0.717) is 5.15 Å². The summed E-state index contributed by atoms with van der Waals surface area (Å²) in [5, 5.41) is 3.94.